The Morgan fingerprint density at radius 1 is 1.08 bits per heavy atom. The van der Waals surface area contributed by atoms with E-state index in [0.717, 1.165) is 11.1 Å². The summed E-state index contributed by atoms with van der Waals surface area (Å²) in [5.74, 6) is -1.81. The van der Waals surface area contributed by atoms with Crippen LogP contribution in [-0.2, 0) is 19.1 Å². The molecule has 1 aromatic heterocycles. The quantitative estimate of drug-likeness (QED) is 0.386. The van der Waals surface area contributed by atoms with Crippen molar-refractivity contribution >= 4 is 51.6 Å². The van der Waals surface area contributed by atoms with E-state index in [0.29, 0.717) is 32.1 Å². The third-order valence-corrected chi connectivity index (χ3v) is 7.86. The molecule has 2 heterocycles. The minimum Gasteiger partial charge on any atom is -0.467 e. The molecule has 36 heavy (non-hydrogen) atoms. The highest BCUT2D eigenvalue weighted by Crippen LogP contribution is 2.45. The number of esters is 2. The lowest BCUT2D eigenvalue weighted by Gasteiger charge is -2.47. The van der Waals surface area contributed by atoms with Gasteiger partial charge >= 0.3 is 11.9 Å². The summed E-state index contributed by atoms with van der Waals surface area (Å²) >= 11 is 13.6. The van der Waals surface area contributed by atoms with Crippen LogP contribution in [-0.4, -0.2) is 42.7 Å². The largest absolute Gasteiger partial charge is 0.467 e. The molecule has 10 heteroatoms. The number of carbonyl (C=O) groups is 2. The average molecular weight is 546 g/mol. The van der Waals surface area contributed by atoms with Gasteiger partial charge in [0.1, 0.15) is 0 Å². The Morgan fingerprint density at radius 2 is 1.81 bits per heavy atom. The molecular formula is C26H25Cl2N3O4S. The number of nitrogens with zero attached hydrogens (tertiary/aromatic N) is 1. The summed E-state index contributed by atoms with van der Waals surface area (Å²) in [5, 5.41) is 9.83. The average Bonchev–Trinajstić information content (AvgIpc) is 3.35. The summed E-state index contributed by atoms with van der Waals surface area (Å²) in [6, 6.07) is 14.1. The Labute approximate surface area is 223 Å². The minimum atomic E-state index is -1.42. The molecule has 2 aromatic carbocycles. The van der Waals surface area contributed by atoms with E-state index in [9.17, 15) is 9.59 Å². The molecule has 1 aliphatic heterocycles. The van der Waals surface area contributed by atoms with Crippen LogP contribution in [0.3, 0.4) is 0 Å². The summed E-state index contributed by atoms with van der Waals surface area (Å²) in [6.07, 6.45) is 0. The lowest BCUT2D eigenvalue weighted by Crippen LogP contribution is -2.66. The van der Waals surface area contributed by atoms with Crippen LogP contribution in [0.15, 0.2) is 65.2 Å². The third kappa shape index (κ3) is 4.56. The van der Waals surface area contributed by atoms with Crippen LogP contribution in [0.1, 0.15) is 25.3 Å². The Bertz CT molecular complexity index is 1330. The molecule has 1 aliphatic rings. The number of hydrogen-bond donors (Lipinski definition) is 2. The molecule has 3 atom stereocenters. The first kappa shape index (κ1) is 26.0. The van der Waals surface area contributed by atoms with Crippen LogP contribution < -0.4 is 10.6 Å². The molecule has 0 radical (unpaired) electrons. The fourth-order valence-corrected chi connectivity index (χ4v) is 5.75. The predicted octanol–water partition coefficient (Wildman–Crippen LogP) is 5.66. The van der Waals surface area contributed by atoms with Gasteiger partial charge in [-0.05, 0) is 31.5 Å². The first-order chi connectivity index (χ1) is 17.2. The molecule has 188 valence electrons. The number of methoxy groups -OCH3 is 2. The smallest absolute Gasteiger partial charge is 0.336 e. The highest BCUT2D eigenvalue weighted by Gasteiger charge is 2.58. The van der Waals surface area contributed by atoms with Crippen molar-refractivity contribution in [2.75, 3.05) is 19.5 Å². The molecule has 3 aromatic rings. The van der Waals surface area contributed by atoms with Crippen molar-refractivity contribution in [2.45, 2.75) is 31.3 Å². The summed E-state index contributed by atoms with van der Waals surface area (Å²) in [4.78, 5) is 31.4. The molecule has 0 saturated heterocycles. The first-order valence-corrected chi connectivity index (χ1v) is 12.7. The predicted molar refractivity (Wildman–Crippen MR) is 142 cm³/mol. The van der Waals surface area contributed by atoms with Crippen molar-refractivity contribution < 1.29 is 19.1 Å². The van der Waals surface area contributed by atoms with E-state index in [1.807, 2.05) is 48.7 Å². The number of allylic oxidation sites excluding steroid dienone is 1. The molecule has 0 spiro atoms. The number of ether oxygens (including phenoxy) is 2. The van der Waals surface area contributed by atoms with Crippen molar-refractivity contribution in [1.82, 2.24) is 10.3 Å². The van der Waals surface area contributed by atoms with Crippen molar-refractivity contribution in [1.29, 1.82) is 0 Å². The van der Waals surface area contributed by atoms with Gasteiger partial charge in [0.25, 0.3) is 0 Å². The third-order valence-electron chi connectivity index (χ3n) is 6.36. The van der Waals surface area contributed by atoms with Crippen molar-refractivity contribution in [3.8, 4) is 11.3 Å². The standard InChI is InChI=1S/C26H25Cl2N3O4S/c1-14-21(23(32)34-3)22(16-8-6-5-7-9-16)26(15(2)29-14,24(33)35-4)31-25-30-20(13-36-25)17-10-11-18(27)19(28)12-17/h5-13,15,22,29H,1-4H3,(H,30,31). The van der Waals surface area contributed by atoms with Crippen LogP contribution >= 0.6 is 34.5 Å². The molecule has 0 bridgehead atoms. The number of carbonyl (C=O) groups excluding carboxylic acids is 2. The molecule has 0 amide bonds. The topological polar surface area (TPSA) is 89.5 Å². The second-order valence-corrected chi connectivity index (χ2v) is 10.1. The Morgan fingerprint density at radius 3 is 2.44 bits per heavy atom. The van der Waals surface area contributed by atoms with E-state index in [-0.39, 0.29) is 0 Å². The molecule has 2 N–H and O–H groups in total. The van der Waals surface area contributed by atoms with Crippen LogP contribution in [0.25, 0.3) is 11.3 Å². The highest BCUT2D eigenvalue weighted by molar-refractivity contribution is 7.14. The first-order valence-electron chi connectivity index (χ1n) is 11.1. The zero-order valence-electron chi connectivity index (χ0n) is 20.1. The molecule has 3 unspecified atom stereocenters. The second-order valence-electron chi connectivity index (χ2n) is 8.39. The molecule has 0 saturated carbocycles. The normalized spacial score (nSPS) is 21.5. The number of aromatic nitrogens is 1. The maximum Gasteiger partial charge on any atom is 0.336 e. The van der Waals surface area contributed by atoms with Gasteiger partial charge < -0.3 is 20.1 Å². The molecule has 4 rings (SSSR count). The van der Waals surface area contributed by atoms with Gasteiger partial charge in [-0.2, -0.15) is 0 Å². The summed E-state index contributed by atoms with van der Waals surface area (Å²) < 4.78 is 10.5. The lowest BCUT2D eigenvalue weighted by atomic mass is 9.68. The second kappa shape index (κ2) is 10.5. The highest BCUT2D eigenvalue weighted by atomic mass is 35.5. The van der Waals surface area contributed by atoms with E-state index in [1.165, 1.54) is 25.6 Å². The number of halogens is 2. The van der Waals surface area contributed by atoms with Crippen LogP contribution in [0.4, 0.5) is 5.13 Å². The summed E-state index contributed by atoms with van der Waals surface area (Å²) in [7, 11) is 2.65. The number of hydrogen-bond acceptors (Lipinski definition) is 8. The summed E-state index contributed by atoms with van der Waals surface area (Å²) in [6.45, 7) is 3.66. The molecule has 7 nitrogen and oxygen atoms in total. The van der Waals surface area contributed by atoms with Gasteiger partial charge in [-0.1, -0.05) is 59.6 Å². The Hall–Kier alpha value is -3.07. The van der Waals surface area contributed by atoms with Gasteiger partial charge in [0.15, 0.2) is 10.7 Å². The van der Waals surface area contributed by atoms with Crippen molar-refractivity contribution in [3.63, 3.8) is 0 Å². The van der Waals surface area contributed by atoms with Gasteiger partial charge in [-0.3, -0.25) is 0 Å². The fourth-order valence-electron chi connectivity index (χ4n) is 4.66. The summed E-state index contributed by atoms with van der Waals surface area (Å²) in [5.41, 5.74) is 1.73. The maximum atomic E-state index is 13.7. The number of rotatable bonds is 6. The molecule has 0 aliphatic carbocycles. The van der Waals surface area contributed by atoms with Crippen LogP contribution in [0.5, 0.6) is 0 Å². The number of thiazole rings is 1. The maximum absolute atomic E-state index is 13.7. The van der Waals surface area contributed by atoms with Gasteiger partial charge in [0, 0.05) is 16.6 Å². The number of anilines is 1. The fraction of sp³-hybridized carbons (Fsp3) is 0.269. The monoisotopic (exact) mass is 545 g/mol. The van der Waals surface area contributed by atoms with Gasteiger partial charge in [0.2, 0.25) is 0 Å². The van der Waals surface area contributed by atoms with E-state index >= 15 is 0 Å². The van der Waals surface area contributed by atoms with Crippen LogP contribution in [0.2, 0.25) is 10.0 Å². The van der Waals surface area contributed by atoms with Crippen molar-refractivity contribution in [2.24, 2.45) is 0 Å². The van der Waals surface area contributed by atoms with E-state index in [2.05, 4.69) is 10.6 Å². The van der Waals surface area contributed by atoms with Gasteiger partial charge in [0.05, 0.1) is 47.5 Å². The van der Waals surface area contributed by atoms with Gasteiger partial charge in [-0.15, -0.1) is 11.3 Å². The SMILES string of the molecule is COC(=O)C1=C(C)NC(C)C(Nc2nc(-c3ccc(Cl)c(Cl)c3)cs2)(C(=O)OC)C1c1ccccc1. The number of benzene rings is 2. The Balaban J connectivity index is 1.87. The molecule has 0 fully saturated rings. The zero-order chi connectivity index (χ0) is 26.0. The van der Waals surface area contributed by atoms with Crippen molar-refractivity contribution in [3.05, 3.63) is 80.8 Å². The molecular weight excluding hydrogens is 521 g/mol. The van der Waals surface area contributed by atoms with Gasteiger partial charge in [-0.25, -0.2) is 14.6 Å². The minimum absolute atomic E-state index is 0.334. The Kier molecular flexibility index (Phi) is 7.59. The van der Waals surface area contributed by atoms with E-state index < -0.39 is 29.4 Å². The lowest BCUT2D eigenvalue weighted by molar-refractivity contribution is -0.148. The van der Waals surface area contributed by atoms with E-state index in [1.54, 1.807) is 19.1 Å². The number of nitrogens with one attached hydrogen (secondary N) is 2. The van der Waals surface area contributed by atoms with E-state index in [4.69, 9.17) is 37.7 Å². The van der Waals surface area contributed by atoms with Crippen LogP contribution in [0, 0.1) is 0 Å². The zero-order valence-corrected chi connectivity index (χ0v) is 22.4.